The predicted octanol–water partition coefficient (Wildman–Crippen LogP) is 0.380. The number of hydrogen-bond acceptors (Lipinski definition) is 4. The second kappa shape index (κ2) is 4.69. The van der Waals surface area contributed by atoms with Crippen LogP contribution in [0.1, 0.15) is 29.1 Å². The molecular weight excluding hydrogens is 184 g/mol. The van der Waals surface area contributed by atoms with E-state index in [0.717, 1.165) is 0 Å². The molecule has 0 spiro atoms. The summed E-state index contributed by atoms with van der Waals surface area (Å²) in [6.07, 6.45) is 1.74. The molecule has 0 saturated heterocycles. The third-order valence-electron chi connectivity index (χ3n) is 1.77. The monoisotopic (exact) mass is 196 g/mol. The van der Waals surface area contributed by atoms with Crippen LogP contribution < -0.4 is 5.32 Å². The van der Waals surface area contributed by atoms with Gasteiger partial charge in [0.25, 0.3) is 0 Å². The molecule has 0 saturated carbocycles. The number of carbonyl (C=O) groups is 1. The maximum Gasteiger partial charge on any atom is 0.336 e. The number of aliphatic hydroxyl groups is 1. The van der Waals surface area contributed by atoms with E-state index in [-0.39, 0.29) is 11.1 Å². The van der Waals surface area contributed by atoms with Gasteiger partial charge in [-0.05, 0) is 12.6 Å². The molecule has 0 amide bonds. The van der Waals surface area contributed by atoms with Crippen LogP contribution in [0.5, 0.6) is 0 Å². The first-order chi connectivity index (χ1) is 6.66. The number of nitrogens with one attached hydrogen (secondary N) is 1. The van der Waals surface area contributed by atoms with E-state index in [1.165, 1.54) is 18.5 Å². The van der Waals surface area contributed by atoms with E-state index in [1.807, 2.05) is 6.92 Å². The standard InChI is InChI=1S/C9H12N2O3/c1-2-11-8(12)7-5-10-4-3-6(7)9(13)14/h3-5,8,11-12H,2H2,1H3,(H,13,14). The third-order valence-corrected chi connectivity index (χ3v) is 1.77. The fraction of sp³-hybridized carbons (Fsp3) is 0.333. The van der Waals surface area contributed by atoms with Crippen molar-refractivity contribution in [3.8, 4) is 0 Å². The Kier molecular flexibility index (Phi) is 3.55. The van der Waals surface area contributed by atoms with Crippen molar-refractivity contribution in [1.82, 2.24) is 10.3 Å². The van der Waals surface area contributed by atoms with Gasteiger partial charge in [-0.1, -0.05) is 6.92 Å². The highest BCUT2D eigenvalue weighted by atomic mass is 16.4. The van der Waals surface area contributed by atoms with Gasteiger partial charge in [-0.3, -0.25) is 10.3 Å². The first-order valence-corrected chi connectivity index (χ1v) is 4.25. The summed E-state index contributed by atoms with van der Waals surface area (Å²) >= 11 is 0. The van der Waals surface area contributed by atoms with Gasteiger partial charge in [0.2, 0.25) is 0 Å². The van der Waals surface area contributed by atoms with E-state index in [9.17, 15) is 9.90 Å². The molecule has 1 atom stereocenters. The molecule has 1 heterocycles. The fourth-order valence-corrected chi connectivity index (χ4v) is 1.12. The number of aliphatic hydroxyl groups excluding tert-OH is 1. The van der Waals surface area contributed by atoms with Gasteiger partial charge in [0.1, 0.15) is 6.23 Å². The molecular formula is C9H12N2O3. The molecule has 0 aliphatic heterocycles. The lowest BCUT2D eigenvalue weighted by Crippen LogP contribution is -2.22. The normalized spacial score (nSPS) is 12.4. The Labute approximate surface area is 81.4 Å². The Morgan fingerprint density at radius 1 is 1.71 bits per heavy atom. The highest BCUT2D eigenvalue weighted by Gasteiger charge is 2.15. The fourth-order valence-electron chi connectivity index (χ4n) is 1.12. The average molecular weight is 196 g/mol. The zero-order chi connectivity index (χ0) is 10.6. The molecule has 0 aromatic carbocycles. The first kappa shape index (κ1) is 10.6. The number of carboxylic acid groups (broad SMARTS) is 1. The molecule has 0 aliphatic rings. The highest BCUT2D eigenvalue weighted by Crippen LogP contribution is 2.14. The summed E-state index contributed by atoms with van der Waals surface area (Å²) in [5.41, 5.74) is 0.343. The Bertz CT molecular complexity index is 328. The molecule has 0 fully saturated rings. The van der Waals surface area contributed by atoms with Crippen molar-refractivity contribution in [2.45, 2.75) is 13.2 Å². The van der Waals surface area contributed by atoms with Crippen LogP contribution in [0.3, 0.4) is 0 Å². The van der Waals surface area contributed by atoms with Gasteiger partial charge >= 0.3 is 5.97 Å². The summed E-state index contributed by atoms with van der Waals surface area (Å²) in [5.74, 6) is -1.07. The van der Waals surface area contributed by atoms with Crippen molar-refractivity contribution in [2.75, 3.05) is 6.54 Å². The smallest absolute Gasteiger partial charge is 0.336 e. The minimum atomic E-state index is -1.07. The Hall–Kier alpha value is -1.46. The molecule has 1 rings (SSSR count). The second-order valence-electron chi connectivity index (χ2n) is 2.73. The average Bonchev–Trinajstić information content (AvgIpc) is 2.18. The van der Waals surface area contributed by atoms with Gasteiger partial charge in [0.15, 0.2) is 0 Å². The lowest BCUT2D eigenvalue weighted by Gasteiger charge is -2.12. The maximum absolute atomic E-state index is 10.8. The lowest BCUT2D eigenvalue weighted by atomic mass is 10.1. The van der Waals surface area contributed by atoms with Gasteiger partial charge in [0, 0.05) is 18.0 Å². The van der Waals surface area contributed by atoms with E-state index in [0.29, 0.717) is 6.54 Å². The largest absolute Gasteiger partial charge is 0.478 e. The SMILES string of the molecule is CCNC(O)c1cnccc1C(=O)O. The number of carboxylic acids is 1. The van der Waals surface area contributed by atoms with Gasteiger partial charge < -0.3 is 10.2 Å². The number of aromatic carboxylic acids is 1. The number of rotatable bonds is 4. The van der Waals surface area contributed by atoms with Crippen molar-refractivity contribution in [1.29, 1.82) is 0 Å². The van der Waals surface area contributed by atoms with Crippen molar-refractivity contribution in [2.24, 2.45) is 0 Å². The molecule has 0 aliphatic carbocycles. The summed E-state index contributed by atoms with van der Waals surface area (Å²) in [7, 11) is 0. The number of aromatic nitrogens is 1. The summed E-state index contributed by atoms with van der Waals surface area (Å²) in [6.45, 7) is 2.37. The van der Waals surface area contributed by atoms with Gasteiger partial charge in [0.05, 0.1) is 5.56 Å². The van der Waals surface area contributed by atoms with E-state index in [2.05, 4.69) is 10.3 Å². The summed E-state index contributed by atoms with van der Waals surface area (Å²) < 4.78 is 0. The van der Waals surface area contributed by atoms with Gasteiger partial charge in [-0.2, -0.15) is 0 Å². The number of pyridine rings is 1. The van der Waals surface area contributed by atoms with E-state index >= 15 is 0 Å². The molecule has 14 heavy (non-hydrogen) atoms. The molecule has 1 aromatic rings. The Balaban J connectivity index is 3.00. The zero-order valence-electron chi connectivity index (χ0n) is 7.77. The second-order valence-corrected chi connectivity index (χ2v) is 2.73. The summed E-state index contributed by atoms with van der Waals surface area (Å²) in [5, 5.41) is 21.1. The zero-order valence-corrected chi connectivity index (χ0v) is 7.77. The lowest BCUT2D eigenvalue weighted by molar-refractivity contribution is 0.0684. The molecule has 5 nitrogen and oxygen atoms in total. The van der Waals surface area contributed by atoms with Crippen molar-refractivity contribution < 1.29 is 15.0 Å². The maximum atomic E-state index is 10.8. The van der Waals surface area contributed by atoms with Crippen LogP contribution in [0.2, 0.25) is 0 Å². The molecule has 3 N–H and O–H groups in total. The first-order valence-electron chi connectivity index (χ1n) is 4.25. The third kappa shape index (κ3) is 2.27. The van der Waals surface area contributed by atoms with Crippen LogP contribution in [0.15, 0.2) is 18.5 Å². The van der Waals surface area contributed by atoms with Crippen LogP contribution in [-0.4, -0.2) is 27.7 Å². The molecule has 0 radical (unpaired) electrons. The molecule has 1 unspecified atom stereocenters. The molecule has 1 aromatic heterocycles. The molecule has 5 heteroatoms. The van der Waals surface area contributed by atoms with Crippen LogP contribution in [-0.2, 0) is 0 Å². The number of nitrogens with zero attached hydrogens (tertiary/aromatic N) is 1. The van der Waals surface area contributed by atoms with Crippen LogP contribution in [0.4, 0.5) is 0 Å². The summed E-state index contributed by atoms with van der Waals surface area (Å²) in [6, 6.07) is 1.36. The van der Waals surface area contributed by atoms with Gasteiger partial charge in [-0.15, -0.1) is 0 Å². The predicted molar refractivity (Wildman–Crippen MR) is 49.8 cm³/mol. The minimum absolute atomic E-state index is 0.0634. The van der Waals surface area contributed by atoms with Crippen molar-refractivity contribution in [3.05, 3.63) is 29.6 Å². The van der Waals surface area contributed by atoms with Crippen molar-refractivity contribution >= 4 is 5.97 Å². The highest BCUT2D eigenvalue weighted by molar-refractivity contribution is 5.89. The van der Waals surface area contributed by atoms with E-state index < -0.39 is 12.2 Å². The van der Waals surface area contributed by atoms with Crippen LogP contribution >= 0.6 is 0 Å². The quantitative estimate of drug-likeness (QED) is 0.606. The van der Waals surface area contributed by atoms with Crippen LogP contribution in [0.25, 0.3) is 0 Å². The molecule has 76 valence electrons. The van der Waals surface area contributed by atoms with Crippen molar-refractivity contribution in [3.63, 3.8) is 0 Å². The van der Waals surface area contributed by atoms with Gasteiger partial charge in [-0.25, -0.2) is 4.79 Å². The minimum Gasteiger partial charge on any atom is -0.478 e. The summed E-state index contributed by atoms with van der Waals surface area (Å²) in [4.78, 5) is 14.5. The van der Waals surface area contributed by atoms with E-state index in [1.54, 1.807) is 0 Å². The van der Waals surface area contributed by atoms with E-state index in [4.69, 9.17) is 5.11 Å². The van der Waals surface area contributed by atoms with Crippen LogP contribution in [0, 0.1) is 0 Å². The Morgan fingerprint density at radius 2 is 2.43 bits per heavy atom. The topological polar surface area (TPSA) is 82.5 Å². The number of hydrogen-bond donors (Lipinski definition) is 3. The Morgan fingerprint density at radius 3 is 3.00 bits per heavy atom. The molecule has 0 bridgehead atoms.